The average molecular weight is 474 g/mol. The predicted octanol–water partition coefficient (Wildman–Crippen LogP) is 3.93. The summed E-state index contributed by atoms with van der Waals surface area (Å²) in [5.41, 5.74) is 0.0567. The number of aromatic nitrogens is 1. The van der Waals surface area contributed by atoms with Crippen LogP contribution in [0.2, 0.25) is 0 Å². The number of nitrogens with zero attached hydrogens (tertiary/aromatic N) is 1. The molecule has 1 atom stereocenters. The van der Waals surface area contributed by atoms with Crippen LogP contribution in [0.3, 0.4) is 0 Å². The minimum Gasteiger partial charge on any atom is -0.438 e. The molecule has 7 nitrogen and oxygen atoms in total. The zero-order chi connectivity index (χ0) is 23.2. The molecule has 4 rings (SSSR count). The van der Waals surface area contributed by atoms with Gasteiger partial charge in [0.2, 0.25) is 11.8 Å². The first-order chi connectivity index (χ1) is 16.0. The maximum atomic E-state index is 13.9. The maximum absolute atomic E-state index is 13.9. The topological polar surface area (TPSA) is 89.5 Å². The van der Waals surface area contributed by atoms with Crippen molar-refractivity contribution in [3.05, 3.63) is 47.9 Å². The van der Waals surface area contributed by atoms with Crippen LogP contribution >= 0.6 is 11.8 Å². The van der Waals surface area contributed by atoms with E-state index in [1.54, 1.807) is 17.8 Å². The van der Waals surface area contributed by atoms with E-state index in [4.69, 9.17) is 9.47 Å². The second-order valence-corrected chi connectivity index (χ2v) is 9.26. The van der Waals surface area contributed by atoms with Crippen LogP contribution in [0.15, 0.2) is 41.4 Å². The van der Waals surface area contributed by atoms with Crippen LogP contribution in [-0.2, 0) is 9.53 Å². The van der Waals surface area contributed by atoms with Crippen molar-refractivity contribution in [2.24, 2.45) is 5.92 Å². The Balaban J connectivity index is 1.34. The number of benzene rings is 1. The monoisotopic (exact) mass is 473 g/mol. The Morgan fingerprint density at radius 3 is 2.58 bits per heavy atom. The molecule has 2 heterocycles. The summed E-state index contributed by atoms with van der Waals surface area (Å²) in [6.07, 6.45) is 6.77. The van der Waals surface area contributed by atoms with Gasteiger partial charge in [-0.25, -0.2) is 9.37 Å². The van der Waals surface area contributed by atoms with Crippen molar-refractivity contribution < 1.29 is 23.5 Å². The summed E-state index contributed by atoms with van der Waals surface area (Å²) in [4.78, 5) is 30.3. The third-order valence-corrected chi connectivity index (χ3v) is 6.75. The lowest BCUT2D eigenvalue weighted by Gasteiger charge is -2.30. The standard InChI is InChI=1S/C24H28FN3O4S/c1-33-20-4-2-3-19(12-20)32-24-21(11-16(25)13-26-24)23(30)28-18-7-5-17(6-8-18)27-22(29)15-9-10-31-14-15/h2-4,11-13,15,17-18H,5-10,14H2,1H3,(H,27,29)(H,28,30). The van der Waals surface area contributed by atoms with Gasteiger partial charge in [-0.1, -0.05) is 6.07 Å². The van der Waals surface area contributed by atoms with Crippen molar-refractivity contribution in [1.82, 2.24) is 15.6 Å². The molecule has 1 aromatic carbocycles. The number of nitrogens with one attached hydrogen (secondary N) is 2. The number of thioether (sulfide) groups is 1. The van der Waals surface area contributed by atoms with Crippen molar-refractivity contribution in [1.29, 1.82) is 0 Å². The lowest BCUT2D eigenvalue weighted by Crippen LogP contribution is -2.45. The third kappa shape index (κ3) is 6.23. The highest BCUT2D eigenvalue weighted by molar-refractivity contribution is 7.98. The minimum atomic E-state index is -0.604. The largest absolute Gasteiger partial charge is 0.438 e. The van der Waals surface area contributed by atoms with E-state index in [9.17, 15) is 14.0 Å². The predicted molar refractivity (Wildman–Crippen MR) is 123 cm³/mol. The lowest BCUT2D eigenvalue weighted by molar-refractivity contribution is -0.125. The van der Waals surface area contributed by atoms with Crippen LogP contribution < -0.4 is 15.4 Å². The third-order valence-electron chi connectivity index (χ3n) is 6.03. The first-order valence-corrected chi connectivity index (χ1v) is 12.4. The zero-order valence-corrected chi connectivity index (χ0v) is 19.3. The van der Waals surface area contributed by atoms with E-state index in [0.717, 1.165) is 49.3 Å². The maximum Gasteiger partial charge on any atom is 0.257 e. The van der Waals surface area contributed by atoms with Crippen molar-refractivity contribution in [2.75, 3.05) is 19.5 Å². The van der Waals surface area contributed by atoms with Crippen molar-refractivity contribution in [3.8, 4) is 11.6 Å². The molecule has 1 aliphatic heterocycles. The molecule has 2 aromatic rings. The molecule has 0 bridgehead atoms. The van der Waals surface area contributed by atoms with Gasteiger partial charge >= 0.3 is 0 Å². The first kappa shape index (κ1) is 23.5. The quantitative estimate of drug-likeness (QED) is 0.593. The van der Waals surface area contributed by atoms with E-state index >= 15 is 0 Å². The van der Waals surface area contributed by atoms with Crippen LogP contribution in [0.25, 0.3) is 0 Å². The summed E-state index contributed by atoms with van der Waals surface area (Å²) in [5.74, 6) is -0.441. The molecule has 1 aliphatic carbocycles. The fourth-order valence-electron chi connectivity index (χ4n) is 4.15. The smallest absolute Gasteiger partial charge is 0.257 e. The first-order valence-electron chi connectivity index (χ1n) is 11.2. The molecule has 1 unspecified atom stereocenters. The summed E-state index contributed by atoms with van der Waals surface area (Å²) >= 11 is 1.57. The second kappa shape index (κ2) is 11.0. The molecule has 2 fully saturated rings. The Morgan fingerprint density at radius 1 is 1.12 bits per heavy atom. The van der Waals surface area contributed by atoms with E-state index in [-0.39, 0.29) is 35.4 Å². The number of halogens is 1. The summed E-state index contributed by atoms with van der Waals surface area (Å²) in [6, 6.07) is 8.59. The lowest BCUT2D eigenvalue weighted by atomic mass is 9.90. The van der Waals surface area contributed by atoms with Gasteiger partial charge in [-0.05, 0) is 62.6 Å². The zero-order valence-electron chi connectivity index (χ0n) is 18.5. The SMILES string of the molecule is CSc1cccc(Oc2ncc(F)cc2C(=O)NC2CCC(NC(=O)C3CCOC3)CC2)c1. The molecule has 2 amide bonds. The number of pyridine rings is 1. The van der Waals surface area contributed by atoms with Gasteiger partial charge in [0.1, 0.15) is 17.1 Å². The molecule has 33 heavy (non-hydrogen) atoms. The fourth-order valence-corrected chi connectivity index (χ4v) is 4.60. The Morgan fingerprint density at radius 2 is 1.88 bits per heavy atom. The van der Waals surface area contributed by atoms with Gasteiger partial charge < -0.3 is 20.1 Å². The molecule has 1 aromatic heterocycles. The van der Waals surface area contributed by atoms with Gasteiger partial charge in [-0.2, -0.15) is 0 Å². The summed E-state index contributed by atoms with van der Waals surface area (Å²) in [6.45, 7) is 1.13. The van der Waals surface area contributed by atoms with E-state index in [0.29, 0.717) is 19.0 Å². The van der Waals surface area contributed by atoms with Gasteiger partial charge in [0, 0.05) is 23.6 Å². The fraction of sp³-hybridized carbons (Fsp3) is 0.458. The number of hydrogen-bond donors (Lipinski definition) is 2. The highest BCUT2D eigenvalue weighted by atomic mass is 32.2. The summed E-state index contributed by atoms with van der Waals surface area (Å²) in [5, 5.41) is 6.08. The van der Waals surface area contributed by atoms with Gasteiger partial charge in [0.25, 0.3) is 5.91 Å². The van der Waals surface area contributed by atoms with Crippen LogP contribution in [0.5, 0.6) is 11.6 Å². The highest BCUT2D eigenvalue weighted by Crippen LogP contribution is 2.28. The van der Waals surface area contributed by atoms with Gasteiger partial charge in [0.15, 0.2) is 0 Å². The number of rotatable bonds is 7. The summed E-state index contributed by atoms with van der Waals surface area (Å²) in [7, 11) is 0. The number of carbonyl (C=O) groups excluding carboxylic acids is 2. The minimum absolute atomic E-state index is 0.0538. The van der Waals surface area contributed by atoms with Crippen molar-refractivity contribution in [2.45, 2.75) is 49.1 Å². The number of carbonyl (C=O) groups is 2. The number of ether oxygens (including phenoxy) is 2. The van der Waals surface area contributed by atoms with Gasteiger partial charge in [-0.15, -0.1) is 11.8 Å². The molecule has 1 saturated carbocycles. The molecule has 0 spiro atoms. The van der Waals surface area contributed by atoms with Crippen LogP contribution in [0.4, 0.5) is 4.39 Å². The molecule has 9 heteroatoms. The van der Waals surface area contributed by atoms with Gasteiger partial charge in [-0.3, -0.25) is 9.59 Å². The summed E-state index contributed by atoms with van der Waals surface area (Å²) < 4.78 is 25.0. The van der Waals surface area contributed by atoms with Crippen LogP contribution in [0, 0.1) is 11.7 Å². The number of hydrogen-bond acceptors (Lipinski definition) is 6. The molecular weight excluding hydrogens is 445 g/mol. The van der Waals surface area contributed by atoms with Crippen molar-refractivity contribution >= 4 is 23.6 Å². The van der Waals surface area contributed by atoms with E-state index in [1.807, 2.05) is 24.5 Å². The molecule has 2 N–H and O–H groups in total. The Bertz CT molecular complexity index is 991. The molecule has 176 valence electrons. The molecular formula is C24H28FN3O4S. The normalized spacial score (nSPS) is 22.5. The highest BCUT2D eigenvalue weighted by Gasteiger charge is 2.29. The Kier molecular flexibility index (Phi) is 7.82. The second-order valence-electron chi connectivity index (χ2n) is 8.38. The molecule has 2 aliphatic rings. The van der Waals surface area contributed by atoms with E-state index in [1.165, 1.54) is 0 Å². The van der Waals surface area contributed by atoms with E-state index < -0.39 is 11.7 Å². The van der Waals surface area contributed by atoms with Crippen LogP contribution in [0.1, 0.15) is 42.5 Å². The Labute approximate surface area is 196 Å². The Hall–Kier alpha value is -2.65. The van der Waals surface area contributed by atoms with Gasteiger partial charge in [0.05, 0.1) is 18.7 Å². The van der Waals surface area contributed by atoms with E-state index in [2.05, 4.69) is 15.6 Å². The van der Waals surface area contributed by atoms with Crippen LogP contribution in [-0.4, -0.2) is 48.4 Å². The average Bonchev–Trinajstić information content (AvgIpc) is 3.37. The van der Waals surface area contributed by atoms with Crippen molar-refractivity contribution in [3.63, 3.8) is 0 Å². The number of amides is 2. The molecule has 1 saturated heterocycles. The molecule has 0 radical (unpaired) electrons.